The van der Waals surface area contributed by atoms with Gasteiger partial charge in [0, 0.05) is 17.7 Å². The van der Waals surface area contributed by atoms with Gasteiger partial charge in [0.2, 0.25) is 0 Å². The molecule has 0 saturated carbocycles. The van der Waals surface area contributed by atoms with E-state index >= 15 is 0 Å². The van der Waals surface area contributed by atoms with Gasteiger partial charge in [0.25, 0.3) is 5.91 Å². The maximum atomic E-state index is 12.7. The summed E-state index contributed by atoms with van der Waals surface area (Å²) in [5.74, 6) is -0.407. The van der Waals surface area contributed by atoms with Crippen LogP contribution in [0.3, 0.4) is 0 Å². The van der Waals surface area contributed by atoms with Crippen LogP contribution < -0.4 is 5.32 Å². The number of hydrogen-bond acceptors (Lipinski definition) is 7. The summed E-state index contributed by atoms with van der Waals surface area (Å²) < 4.78 is 11.7. The maximum Gasteiger partial charge on any atom is 0.357 e. The Bertz CT molecular complexity index is 961. The largest absolute Gasteiger partial charge is 0.465 e. The summed E-state index contributed by atoms with van der Waals surface area (Å²) >= 11 is 0. The highest BCUT2D eigenvalue weighted by atomic mass is 16.5. The van der Waals surface area contributed by atoms with Gasteiger partial charge in [-0.2, -0.15) is 4.68 Å². The van der Waals surface area contributed by atoms with E-state index in [1.54, 1.807) is 12.1 Å². The molecule has 0 saturated heterocycles. The van der Waals surface area contributed by atoms with Crippen molar-refractivity contribution in [2.75, 3.05) is 6.61 Å². The molecule has 1 amide bonds. The van der Waals surface area contributed by atoms with Gasteiger partial charge in [-0.1, -0.05) is 30.3 Å². The van der Waals surface area contributed by atoms with Gasteiger partial charge in [0.15, 0.2) is 18.1 Å². The first-order chi connectivity index (χ1) is 13.5. The molecule has 9 nitrogen and oxygen atoms in total. The van der Waals surface area contributed by atoms with Gasteiger partial charge < -0.3 is 14.5 Å². The standard InChI is InChI=1S/C19H19N5O4/c1-13(2)20-17(25)12-28-19(26)16(11-15-9-6-10-27-15)24-18(21-22-23-24)14-7-4-3-5-8-14/h3-11,13H,12H2,1-2H3,(H,20,25)/b16-11-. The Morgan fingerprint density at radius 2 is 2.00 bits per heavy atom. The van der Waals surface area contributed by atoms with Crippen molar-refractivity contribution in [3.63, 3.8) is 0 Å². The summed E-state index contributed by atoms with van der Waals surface area (Å²) in [5, 5.41) is 14.2. The number of ether oxygens (including phenoxy) is 1. The SMILES string of the molecule is CC(C)NC(=O)COC(=O)/C(=C/c1ccco1)n1nnnc1-c1ccccc1. The van der Waals surface area contributed by atoms with Crippen LogP contribution in [0.1, 0.15) is 19.6 Å². The molecule has 28 heavy (non-hydrogen) atoms. The van der Waals surface area contributed by atoms with E-state index < -0.39 is 18.5 Å². The molecular weight excluding hydrogens is 362 g/mol. The van der Waals surface area contributed by atoms with Crippen LogP contribution in [-0.2, 0) is 14.3 Å². The molecule has 0 atom stereocenters. The van der Waals surface area contributed by atoms with Crippen LogP contribution in [0.4, 0.5) is 0 Å². The van der Waals surface area contributed by atoms with Gasteiger partial charge >= 0.3 is 5.97 Å². The summed E-state index contributed by atoms with van der Waals surface area (Å²) in [6, 6.07) is 12.4. The first-order valence-corrected chi connectivity index (χ1v) is 8.60. The second kappa shape index (κ2) is 8.76. The van der Waals surface area contributed by atoms with Crippen molar-refractivity contribution >= 4 is 23.6 Å². The fourth-order valence-electron chi connectivity index (χ4n) is 2.40. The smallest absolute Gasteiger partial charge is 0.357 e. The van der Waals surface area contributed by atoms with Crippen molar-refractivity contribution < 1.29 is 18.7 Å². The maximum absolute atomic E-state index is 12.7. The first-order valence-electron chi connectivity index (χ1n) is 8.60. The van der Waals surface area contributed by atoms with Crippen molar-refractivity contribution in [2.45, 2.75) is 19.9 Å². The van der Waals surface area contributed by atoms with Gasteiger partial charge in [-0.15, -0.1) is 5.10 Å². The van der Waals surface area contributed by atoms with Crippen LogP contribution in [0, 0.1) is 0 Å². The van der Waals surface area contributed by atoms with Crippen LogP contribution in [-0.4, -0.2) is 44.7 Å². The number of carbonyl (C=O) groups is 2. The Labute approximate surface area is 161 Å². The second-order valence-corrected chi connectivity index (χ2v) is 6.12. The molecule has 0 bridgehead atoms. The summed E-state index contributed by atoms with van der Waals surface area (Å²) in [6.07, 6.45) is 2.92. The van der Waals surface area contributed by atoms with E-state index in [1.165, 1.54) is 17.0 Å². The molecule has 2 aromatic heterocycles. The number of nitrogens with zero attached hydrogens (tertiary/aromatic N) is 4. The zero-order chi connectivity index (χ0) is 19.9. The summed E-state index contributed by atoms with van der Waals surface area (Å²) in [6.45, 7) is 3.21. The number of carbonyl (C=O) groups excluding carboxylic acids is 2. The first kappa shape index (κ1) is 19.0. The van der Waals surface area contributed by atoms with E-state index in [4.69, 9.17) is 9.15 Å². The third-order valence-corrected chi connectivity index (χ3v) is 3.55. The van der Waals surface area contributed by atoms with E-state index in [2.05, 4.69) is 20.8 Å². The average Bonchev–Trinajstić information content (AvgIpc) is 3.36. The van der Waals surface area contributed by atoms with Crippen LogP contribution in [0.2, 0.25) is 0 Å². The molecule has 1 N–H and O–H groups in total. The molecule has 0 spiro atoms. The van der Waals surface area contributed by atoms with E-state index in [0.717, 1.165) is 0 Å². The average molecular weight is 381 g/mol. The molecule has 144 valence electrons. The highest BCUT2D eigenvalue weighted by molar-refractivity contribution is 6.15. The number of esters is 1. The zero-order valence-corrected chi connectivity index (χ0v) is 15.4. The molecule has 2 heterocycles. The third kappa shape index (κ3) is 4.70. The van der Waals surface area contributed by atoms with Crippen molar-refractivity contribution in [1.29, 1.82) is 0 Å². The molecule has 9 heteroatoms. The Hall–Kier alpha value is -3.75. The monoisotopic (exact) mass is 381 g/mol. The predicted octanol–water partition coefficient (Wildman–Crippen LogP) is 2.00. The molecule has 3 aromatic rings. The van der Waals surface area contributed by atoms with Gasteiger partial charge in [-0.25, -0.2) is 4.79 Å². The summed E-state index contributed by atoms with van der Waals surface area (Å²) in [5.41, 5.74) is 0.722. The molecule has 0 fully saturated rings. The summed E-state index contributed by atoms with van der Waals surface area (Å²) in [7, 11) is 0. The van der Waals surface area contributed by atoms with Gasteiger partial charge in [0.05, 0.1) is 6.26 Å². The lowest BCUT2D eigenvalue weighted by atomic mass is 10.2. The summed E-state index contributed by atoms with van der Waals surface area (Å²) in [4.78, 5) is 24.5. The number of furan rings is 1. The number of aromatic nitrogens is 4. The molecular formula is C19H19N5O4. The Kier molecular flexibility index (Phi) is 5.95. The molecule has 0 aliphatic heterocycles. The van der Waals surface area contributed by atoms with Crippen molar-refractivity contribution in [1.82, 2.24) is 25.5 Å². The fourth-order valence-corrected chi connectivity index (χ4v) is 2.40. The highest BCUT2D eigenvalue weighted by Crippen LogP contribution is 2.21. The lowest BCUT2D eigenvalue weighted by molar-refractivity contribution is -0.143. The van der Waals surface area contributed by atoms with Crippen LogP contribution in [0.15, 0.2) is 53.1 Å². The number of nitrogens with one attached hydrogen (secondary N) is 1. The number of amides is 1. The molecule has 1 aromatic carbocycles. The zero-order valence-electron chi connectivity index (χ0n) is 15.4. The Morgan fingerprint density at radius 1 is 1.21 bits per heavy atom. The van der Waals surface area contributed by atoms with Crippen molar-refractivity contribution in [2.24, 2.45) is 0 Å². The minimum Gasteiger partial charge on any atom is -0.465 e. The quantitative estimate of drug-likeness (QED) is 0.492. The third-order valence-electron chi connectivity index (χ3n) is 3.55. The van der Waals surface area contributed by atoms with Crippen LogP contribution in [0.25, 0.3) is 23.2 Å². The van der Waals surface area contributed by atoms with Crippen molar-refractivity contribution in [3.05, 3.63) is 54.5 Å². The minimum absolute atomic E-state index is 0.0103. The molecule has 0 aliphatic carbocycles. The Balaban J connectivity index is 1.91. The molecule has 3 rings (SSSR count). The van der Waals surface area contributed by atoms with Gasteiger partial charge in [0.1, 0.15) is 5.76 Å². The molecule has 0 aliphatic rings. The predicted molar refractivity (Wildman–Crippen MR) is 100 cm³/mol. The number of benzene rings is 1. The van der Waals surface area contributed by atoms with Gasteiger partial charge in [-0.3, -0.25) is 4.79 Å². The minimum atomic E-state index is -0.764. The number of rotatable bonds is 7. The normalized spacial score (nSPS) is 11.5. The lowest BCUT2D eigenvalue weighted by Gasteiger charge is -2.11. The van der Waals surface area contributed by atoms with Crippen LogP contribution >= 0.6 is 0 Å². The lowest BCUT2D eigenvalue weighted by Crippen LogP contribution is -2.34. The van der Waals surface area contributed by atoms with Gasteiger partial charge in [-0.05, 0) is 36.4 Å². The van der Waals surface area contributed by atoms with Crippen molar-refractivity contribution in [3.8, 4) is 11.4 Å². The Morgan fingerprint density at radius 3 is 2.68 bits per heavy atom. The van der Waals surface area contributed by atoms with E-state index in [-0.39, 0.29) is 11.7 Å². The topological polar surface area (TPSA) is 112 Å². The highest BCUT2D eigenvalue weighted by Gasteiger charge is 2.22. The second-order valence-electron chi connectivity index (χ2n) is 6.12. The number of tetrazole rings is 1. The van der Waals surface area contributed by atoms with E-state index in [9.17, 15) is 9.59 Å². The van der Waals surface area contributed by atoms with Crippen LogP contribution in [0.5, 0.6) is 0 Å². The fraction of sp³-hybridized carbons (Fsp3) is 0.211. The molecule has 0 radical (unpaired) electrons. The molecule has 0 unspecified atom stereocenters. The number of hydrogen-bond donors (Lipinski definition) is 1. The van der Waals surface area contributed by atoms with E-state index in [0.29, 0.717) is 17.1 Å². The van der Waals surface area contributed by atoms with E-state index in [1.807, 2.05) is 44.2 Å².